The Labute approximate surface area is 251 Å². The van der Waals surface area contributed by atoms with Crippen LogP contribution in [0.4, 0.5) is 0 Å². The van der Waals surface area contributed by atoms with Gasteiger partial charge in [0, 0.05) is 35.3 Å². The summed E-state index contributed by atoms with van der Waals surface area (Å²) >= 11 is 0. The van der Waals surface area contributed by atoms with Gasteiger partial charge in [-0.3, -0.25) is 0 Å². The molecule has 5 heterocycles. The van der Waals surface area contributed by atoms with E-state index in [1.165, 1.54) is 35.8 Å². The fourth-order valence-electron chi connectivity index (χ4n) is 9.45. The third-order valence-corrected chi connectivity index (χ3v) is 11.3. The van der Waals surface area contributed by atoms with Crippen LogP contribution in [0.1, 0.15) is 87.9 Å². The van der Waals surface area contributed by atoms with Crippen LogP contribution in [-0.2, 0) is 6.42 Å². The number of nitrogens with zero attached hydrogens (tertiary/aromatic N) is 1. The standard InChI is InChI=1S/C36H50N4O2/c41-36-20-12-6-2-4-8-14-22-39-23-18-30(35(26-39)19-11-5-1-3-7-13-21-37-34(35)36)29(25-36)33-32-28(17-24-40(33)42)27-15-9-10-16-31(27)38-32/h1-2,5-6,9-10,15-16,25,30,33-34,37-38,40-41H,3-4,7-8,11-14,17-24,26H2/b5-1-,6-2-/t30-,33?,34+,35-,36-/m0/s1. The average Bonchev–Trinajstić information content (AvgIpc) is 3.34. The first-order valence-corrected chi connectivity index (χ1v) is 16.9. The van der Waals surface area contributed by atoms with E-state index in [1.807, 2.05) is 0 Å². The quantitative estimate of drug-likeness (QED) is 0.283. The molecule has 1 aromatic carbocycles. The van der Waals surface area contributed by atoms with Crippen molar-refractivity contribution in [1.29, 1.82) is 0 Å². The molecule has 6 nitrogen and oxygen atoms in total. The second-order valence-electron chi connectivity index (χ2n) is 13.8. The van der Waals surface area contributed by atoms with Gasteiger partial charge in [0.25, 0.3) is 0 Å². The second-order valence-corrected chi connectivity index (χ2v) is 13.8. The minimum atomic E-state index is -1.01. The smallest absolute Gasteiger partial charge is 0.150 e. The zero-order valence-corrected chi connectivity index (χ0v) is 25.3. The Hall–Kier alpha value is -2.22. The Balaban J connectivity index is 1.40. The Morgan fingerprint density at radius 2 is 1.71 bits per heavy atom. The third kappa shape index (κ3) is 5.13. The van der Waals surface area contributed by atoms with Gasteiger partial charge in [-0.15, -0.1) is 0 Å². The van der Waals surface area contributed by atoms with Crippen molar-refractivity contribution in [3.05, 3.63) is 76.7 Å². The van der Waals surface area contributed by atoms with Crippen LogP contribution in [0.2, 0.25) is 0 Å². The summed E-state index contributed by atoms with van der Waals surface area (Å²) in [5.74, 6) is 0.271. The van der Waals surface area contributed by atoms with Crippen LogP contribution in [0, 0.1) is 16.5 Å². The Morgan fingerprint density at radius 3 is 2.60 bits per heavy atom. The van der Waals surface area contributed by atoms with Crippen molar-refractivity contribution in [3.8, 4) is 0 Å². The number of fused-ring (bicyclic) bond motifs is 4. The molecule has 0 amide bonds. The molecular weight excluding hydrogens is 520 g/mol. The number of nitrogens with one attached hydrogen (secondary N) is 3. The molecule has 4 aliphatic heterocycles. The highest BCUT2D eigenvalue weighted by Crippen LogP contribution is 2.56. The van der Waals surface area contributed by atoms with Gasteiger partial charge in [0.15, 0.2) is 6.04 Å². The number of allylic oxidation sites excluding steroid dienone is 4. The van der Waals surface area contributed by atoms with E-state index in [9.17, 15) is 10.3 Å². The highest BCUT2D eigenvalue weighted by molar-refractivity contribution is 5.85. The fraction of sp³-hybridized carbons (Fsp3) is 0.611. The van der Waals surface area contributed by atoms with Crippen LogP contribution in [-0.4, -0.2) is 59.4 Å². The van der Waals surface area contributed by atoms with Crippen LogP contribution < -0.4 is 10.4 Å². The lowest BCUT2D eigenvalue weighted by Gasteiger charge is -2.61. The third-order valence-electron chi connectivity index (χ3n) is 11.3. The summed E-state index contributed by atoms with van der Waals surface area (Å²) in [7, 11) is 0. The molecule has 1 fully saturated rings. The average molecular weight is 571 g/mol. The van der Waals surface area contributed by atoms with Gasteiger partial charge in [0.2, 0.25) is 0 Å². The lowest BCUT2D eigenvalue weighted by atomic mass is 9.52. The molecule has 2 aromatic rings. The molecule has 4 N–H and O–H groups in total. The zero-order chi connectivity index (χ0) is 28.6. The second kappa shape index (κ2) is 12.0. The monoisotopic (exact) mass is 570 g/mol. The van der Waals surface area contributed by atoms with Gasteiger partial charge in [-0.2, -0.15) is 0 Å². The normalized spacial score (nSPS) is 39.4. The molecule has 7 atom stereocenters. The number of hydrogen-bond acceptors (Lipinski definition) is 4. The van der Waals surface area contributed by atoms with Gasteiger partial charge in [-0.25, -0.2) is 0 Å². The molecule has 5 aliphatic rings. The van der Waals surface area contributed by atoms with Crippen LogP contribution in [0.25, 0.3) is 10.9 Å². The summed E-state index contributed by atoms with van der Waals surface area (Å²) in [6.45, 7) is 4.70. The van der Waals surface area contributed by atoms with Gasteiger partial charge in [-0.1, -0.05) is 42.5 Å². The summed E-state index contributed by atoms with van der Waals surface area (Å²) in [4.78, 5) is 6.44. The zero-order valence-electron chi connectivity index (χ0n) is 25.3. The van der Waals surface area contributed by atoms with E-state index in [0.29, 0.717) is 18.0 Å². The summed E-state index contributed by atoms with van der Waals surface area (Å²) in [5.41, 5.74) is 3.61. The van der Waals surface area contributed by atoms with Crippen molar-refractivity contribution in [1.82, 2.24) is 15.2 Å². The van der Waals surface area contributed by atoms with Crippen molar-refractivity contribution in [2.45, 2.75) is 94.7 Å². The minimum Gasteiger partial charge on any atom is -0.634 e. The number of benzene rings is 1. The molecule has 1 aromatic heterocycles. The molecule has 3 unspecified atom stereocenters. The van der Waals surface area contributed by atoms with E-state index in [-0.39, 0.29) is 23.4 Å². The highest BCUT2D eigenvalue weighted by atomic mass is 16.5. The molecule has 6 heteroatoms. The van der Waals surface area contributed by atoms with Crippen molar-refractivity contribution < 1.29 is 10.2 Å². The number of hydroxylamine groups is 2. The molecule has 226 valence electrons. The largest absolute Gasteiger partial charge is 0.634 e. The Morgan fingerprint density at radius 1 is 0.929 bits per heavy atom. The molecule has 1 aliphatic carbocycles. The van der Waals surface area contributed by atoms with Gasteiger partial charge in [-0.05, 0) is 119 Å². The lowest BCUT2D eigenvalue weighted by Crippen LogP contribution is -3.09. The molecule has 42 heavy (non-hydrogen) atoms. The summed E-state index contributed by atoms with van der Waals surface area (Å²) in [5, 5.41) is 32.6. The van der Waals surface area contributed by atoms with Crippen LogP contribution in [0.3, 0.4) is 0 Å². The number of hydrogen-bond donors (Lipinski definition) is 4. The summed E-state index contributed by atoms with van der Waals surface area (Å²) < 4.78 is 0. The first kappa shape index (κ1) is 28.5. The summed E-state index contributed by atoms with van der Waals surface area (Å²) in [6.07, 6.45) is 24.1. The van der Waals surface area contributed by atoms with E-state index in [1.54, 1.807) is 0 Å². The maximum absolute atomic E-state index is 14.1. The minimum absolute atomic E-state index is 0.0249. The van der Waals surface area contributed by atoms with Crippen molar-refractivity contribution >= 4 is 10.9 Å². The fourth-order valence-corrected chi connectivity index (χ4v) is 9.45. The number of piperidine rings is 1. The first-order chi connectivity index (χ1) is 20.6. The molecule has 1 saturated heterocycles. The Kier molecular flexibility index (Phi) is 8.19. The van der Waals surface area contributed by atoms with Crippen molar-refractivity contribution in [2.24, 2.45) is 11.3 Å². The van der Waals surface area contributed by atoms with Crippen molar-refractivity contribution in [2.75, 3.05) is 32.7 Å². The van der Waals surface area contributed by atoms with E-state index in [2.05, 4.69) is 69.8 Å². The van der Waals surface area contributed by atoms with Gasteiger partial charge < -0.3 is 30.6 Å². The first-order valence-electron chi connectivity index (χ1n) is 16.9. The van der Waals surface area contributed by atoms with E-state index in [0.717, 1.165) is 88.8 Å². The molecule has 0 radical (unpaired) electrons. The predicted molar refractivity (Wildman–Crippen MR) is 170 cm³/mol. The predicted octanol–water partition coefficient (Wildman–Crippen LogP) is 5.13. The maximum atomic E-state index is 14.1. The number of aromatic nitrogens is 1. The number of aliphatic hydroxyl groups is 1. The SMILES string of the molecule is [O-][NH+]1CCc2c([nH]c3ccccc23)C1C1=C[C@@]2(O)CC/C=C\CCCCN3CC[C@@H]1[C@]1(CC/C=C\CCCCN[C@H]12)C3. The van der Waals surface area contributed by atoms with Crippen LogP contribution in [0.5, 0.6) is 0 Å². The number of para-hydroxylation sites is 1. The molecular formula is C36H50N4O2. The maximum Gasteiger partial charge on any atom is 0.150 e. The Bertz CT molecular complexity index is 1350. The van der Waals surface area contributed by atoms with E-state index < -0.39 is 5.60 Å². The molecule has 0 saturated carbocycles. The van der Waals surface area contributed by atoms with Crippen LogP contribution >= 0.6 is 0 Å². The molecule has 7 rings (SSSR count). The van der Waals surface area contributed by atoms with Crippen LogP contribution in [0.15, 0.2) is 60.2 Å². The van der Waals surface area contributed by atoms with Gasteiger partial charge >= 0.3 is 0 Å². The highest BCUT2D eigenvalue weighted by Gasteiger charge is 2.60. The molecule has 1 spiro atoms. The number of rotatable bonds is 1. The van der Waals surface area contributed by atoms with E-state index >= 15 is 0 Å². The lowest BCUT2D eigenvalue weighted by molar-refractivity contribution is -0.879. The number of quaternary nitrogens is 1. The van der Waals surface area contributed by atoms with Gasteiger partial charge in [0.1, 0.15) is 0 Å². The number of aromatic amines is 1. The van der Waals surface area contributed by atoms with Crippen molar-refractivity contribution in [3.63, 3.8) is 0 Å². The van der Waals surface area contributed by atoms with E-state index in [4.69, 9.17) is 0 Å². The van der Waals surface area contributed by atoms with Gasteiger partial charge in [0.05, 0.1) is 17.8 Å². The number of H-pyrrole nitrogens is 1. The topological polar surface area (TPSA) is 78.8 Å². The molecule has 3 bridgehead atoms. The summed E-state index contributed by atoms with van der Waals surface area (Å²) in [6, 6.07) is 8.22.